The molecule has 2 aromatic heterocycles. The Hall–Kier alpha value is -2.08. The molecule has 2 N–H and O–H groups in total. The van der Waals surface area contributed by atoms with Crippen LogP contribution in [0.25, 0.3) is 5.52 Å². The number of aliphatic hydroxyl groups excluding tert-OH is 1. The highest BCUT2D eigenvalue weighted by molar-refractivity contribution is 6.01. The van der Waals surface area contributed by atoms with Crippen molar-refractivity contribution in [3.63, 3.8) is 0 Å². The molecule has 112 valence electrons. The second kappa shape index (κ2) is 6.13. The van der Waals surface area contributed by atoms with Gasteiger partial charge in [-0.05, 0) is 31.4 Å². The van der Waals surface area contributed by atoms with Crippen molar-refractivity contribution >= 4 is 17.1 Å². The molecule has 6 heteroatoms. The van der Waals surface area contributed by atoms with Crippen molar-refractivity contribution in [2.24, 2.45) is 0 Å². The Kier molecular flexibility index (Phi) is 4.06. The van der Waals surface area contributed by atoms with Gasteiger partial charge in [-0.2, -0.15) is 5.10 Å². The van der Waals surface area contributed by atoms with Crippen LogP contribution in [0.3, 0.4) is 0 Å². The number of fused-ring (bicyclic) bond motifs is 1. The molecule has 1 saturated heterocycles. The molecule has 0 radical (unpaired) electrons. The molecule has 1 fully saturated rings. The summed E-state index contributed by atoms with van der Waals surface area (Å²) < 4.78 is 1.72. The first kappa shape index (κ1) is 13.9. The zero-order chi connectivity index (χ0) is 14.7. The lowest BCUT2D eigenvalue weighted by Crippen LogP contribution is -2.25. The van der Waals surface area contributed by atoms with Crippen LogP contribution in [-0.2, 0) is 0 Å². The third kappa shape index (κ3) is 2.85. The minimum Gasteiger partial charge on any atom is -0.396 e. The van der Waals surface area contributed by atoms with E-state index in [9.17, 15) is 4.79 Å². The number of hydrogen-bond donors (Lipinski definition) is 2. The highest BCUT2D eigenvalue weighted by Gasteiger charge is 2.16. The lowest BCUT2D eigenvalue weighted by Gasteiger charge is -2.17. The maximum Gasteiger partial charge on any atom is 0.255 e. The van der Waals surface area contributed by atoms with Crippen LogP contribution in [0.1, 0.15) is 29.6 Å². The van der Waals surface area contributed by atoms with Gasteiger partial charge in [-0.15, -0.1) is 0 Å². The van der Waals surface area contributed by atoms with Crippen LogP contribution >= 0.6 is 0 Å². The molecule has 0 saturated carbocycles. The minimum atomic E-state index is -0.142. The number of nitrogens with one attached hydrogen (secondary N) is 1. The summed E-state index contributed by atoms with van der Waals surface area (Å²) in [5.74, 6) is -0.142. The van der Waals surface area contributed by atoms with Gasteiger partial charge in [0.1, 0.15) is 0 Å². The van der Waals surface area contributed by atoms with Crippen LogP contribution in [0.15, 0.2) is 24.5 Å². The predicted octanol–water partition coefficient (Wildman–Crippen LogP) is 1.05. The highest BCUT2D eigenvalue weighted by Crippen LogP contribution is 2.23. The average Bonchev–Trinajstić information content (AvgIpc) is 3.16. The average molecular weight is 288 g/mol. The number of nitrogens with zero attached hydrogens (tertiary/aromatic N) is 3. The van der Waals surface area contributed by atoms with Gasteiger partial charge in [-0.25, -0.2) is 4.52 Å². The molecule has 3 rings (SSSR count). The number of rotatable bonds is 5. The second-order valence-corrected chi connectivity index (χ2v) is 5.30. The number of aliphatic hydroxyl groups is 1. The normalized spacial score (nSPS) is 14.8. The first-order valence-corrected chi connectivity index (χ1v) is 7.41. The summed E-state index contributed by atoms with van der Waals surface area (Å²) in [5.41, 5.74) is 2.54. The molecule has 3 heterocycles. The molecule has 6 nitrogen and oxygen atoms in total. The third-order valence-corrected chi connectivity index (χ3v) is 3.84. The molecule has 0 atom stereocenters. The molecule has 0 aromatic carbocycles. The number of aromatic nitrogens is 2. The Morgan fingerprint density at radius 2 is 2.19 bits per heavy atom. The van der Waals surface area contributed by atoms with Gasteiger partial charge in [0.05, 0.1) is 17.3 Å². The van der Waals surface area contributed by atoms with Gasteiger partial charge >= 0.3 is 0 Å². The summed E-state index contributed by atoms with van der Waals surface area (Å²) >= 11 is 0. The summed E-state index contributed by atoms with van der Waals surface area (Å²) in [7, 11) is 0. The molecule has 0 bridgehead atoms. The van der Waals surface area contributed by atoms with Crippen molar-refractivity contribution < 1.29 is 9.90 Å². The van der Waals surface area contributed by atoms with Gasteiger partial charge < -0.3 is 15.3 Å². The largest absolute Gasteiger partial charge is 0.396 e. The van der Waals surface area contributed by atoms with Gasteiger partial charge in [-0.3, -0.25) is 4.79 Å². The van der Waals surface area contributed by atoms with Crippen molar-refractivity contribution in [3.8, 4) is 0 Å². The van der Waals surface area contributed by atoms with Crippen molar-refractivity contribution in [1.29, 1.82) is 0 Å². The van der Waals surface area contributed by atoms with E-state index in [0.29, 0.717) is 18.5 Å². The molecule has 1 amide bonds. The van der Waals surface area contributed by atoms with E-state index >= 15 is 0 Å². The van der Waals surface area contributed by atoms with E-state index in [2.05, 4.69) is 15.3 Å². The zero-order valence-corrected chi connectivity index (χ0v) is 12.0. The van der Waals surface area contributed by atoms with E-state index in [1.165, 1.54) is 12.8 Å². The molecule has 0 aliphatic carbocycles. The standard InChI is InChI=1S/C15H20N4O2/c20-9-3-5-16-15(21)13-11-17-19-8-4-12(10-14(13)19)18-6-1-2-7-18/h4,8,10-11,20H,1-3,5-7,9H2,(H,16,21). The number of carbonyl (C=O) groups excluding carboxylic acids is 1. The van der Waals surface area contributed by atoms with Gasteiger partial charge in [0.15, 0.2) is 0 Å². The predicted molar refractivity (Wildman–Crippen MR) is 80.7 cm³/mol. The fraction of sp³-hybridized carbons (Fsp3) is 0.467. The molecular formula is C15H20N4O2. The van der Waals surface area contributed by atoms with Gasteiger partial charge in [0, 0.05) is 38.1 Å². The van der Waals surface area contributed by atoms with E-state index in [1.807, 2.05) is 18.3 Å². The van der Waals surface area contributed by atoms with Crippen molar-refractivity contribution in [1.82, 2.24) is 14.9 Å². The number of anilines is 1. The van der Waals surface area contributed by atoms with E-state index < -0.39 is 0 Å². The molecule has 2 aromatic rings. The summed E-state index contributed by atoms with van der Waals surface area (Å²) in [6.45, 7) is 2.69. The topological polar surface area (TPSA) is 69.9 Å². The zero-order valence-electron chi connectivity index (χ0n) is 12.0. The maximum atomic E-state index is 12.2. The third-order valence-electron chi connectivity index (χ3n) is 3.84. The molecule has 0 spiro atoms. The quantitative estimate of drug-likeness (QED) is 0.807. The van der Waals surface area contributed by atoms with Crippen LogP contribution in [0.4, 0.5) is 5.69 Å². The first-order chi connectivity index (χ1) is 10.3. The SMILES string of the molecule is O=C(NCCCO)c1cnn2ccc(N3CCCC3)cc12. The Bertz CT molecular complexity index is 632. The van der Waals surface area contributed by atoms with E-state index in [0.717, 1.165) is 24.3 Å². The minimum absolute atomic E-state index is 0.0775. The van der Waals surface area contributed by atoms with Crippen LogP contribution in [-0.4, -0.2) is 46.9 Å². The van der Waals surface area contributed by atoms with Crippen molar-refractivity contribution in [2.45, 2.75) is 19.3 Å². The summed E-state index contributed by atoms with van der Waals surface area (Å²) in [6, 6.07) is 4.07. The summed E-state index contributed by atoms with van der Waals surface area (Å²) in [5, 5.41) is 15.8. The Labute approximate surface area is 123 Å². The molecule has 1 aliphatic rings. The van der Waals surface area contributed by atoms with Gasteiger partial charge in [0.25, 0.3) is 5.91 Å². The lowest BCUT2D eigenvalue weighted by atomic mass is 10.2. The smallest absolute Gasteiger partial charge is 0.255 e. The highest BCUT2D eigenvalue weighted by atomic mass is 16.3. The number of hydrogen-bond acceptors (Lipinski definition) is 4. The van der Waals surface area contributed by atoms with Gasteiger partial charge in [-0.1, -0.05) is 0 Å². The number of carbonyl (C=O) groups is 1. The van der Waals surface area contributed by atoms with Gasteiger partial charge in [0.2, 0.25) is 0 Å². The fourth-order valence-corrected chi connectivity index (χ4v) is 2.69. The monoisotopic (exact) mass is 288 g/mol. The Morgan fingerprint density at radius 3 is 2.95 bits per heavy atom. The molecular weight excluding hydrogens is 268 g/mol. The number of pyridine rings is 1. The summed E-state index contributed by atoms with van der Waals surface area (Å²) in [6.07, 6.45) is 6.49. The lowest BCUT2D eigenvalue weighted by molar-refractivity contribution is 0.0953. The van der Waals surface area contributed by atoms with Crippen LogP contribution < -0.4 is 10.2 Å². The van der Waals surface area contributed by atoms with Crippen LogP contribution in [0, 0.1) is 0 Å². The van der Waals surface area contributed by atoms with Crippen molar-refractivity contribution in [3.05, 3.63) is 30.1 Å². The van der Waals surface area contributed by atoms with E-state index in [1.54, 1.807) is 10.7 Å². The maximum absolute atomic E-state index is 12.2. The molecule has 0 unspecified atom stereocenters. The Balaban J connectivity index is 1.85. The fourth-order valence-electron chi connectivity index (χ4n) is 2.69. The van der Waals surface area contributed by atoms with Crippen LogP contribution in [0.2, 0.25) is 0 Å². The summed E-state index contributed by atoms with van der Waals surface area (Å²) in [4.78, 5) is 14.5. The van der Waals surface area contributed by atoms with Crippen LogP contribution in [0.5, 0.6) is 0 Å². The molecule has 1 aliphatic heterocycles. The second-order valence-electron chi connectivity index (χ2n) is 5.30. The van der Waals surface area contributed by atoms with E-state index in [-0.39, 0.29) is 12.5 Å². The molecule has 21 heavy (non-hydrogen) atoms. The first-order valence-electron chi connectivity index (χ1n) is 7.41. The number of amides is 1. The van der Waals surface area contributed by atoms with E-state index in [4.69, 9.17) is 5.11 Å². The Morgan fingerprint density at radius 1 is 1.38 bits per heavy atom. The van der Waals surface area contributed by atoms with Crippen molar-refractivity contribution in [2.75, 3.05) is 31.1 Å².